The van der Waals surface area contributed by atoms with Crippen LogP contribution >= 0.6 is 27.7 Å². The largest absolute Gasteiger partial charge is 0.355 e. The number of fused-ring (bicyclic) bond motifs is 3. The molecular formula is C24H27BrN6OS. The van der Waals surface area contributed by atoms with Crippen LogP contribution in [0.5, 0.6) is 0 Å². The lowest BCUT2D eigenvalue weighted by Gasteiger charge is -2.10. The molecule has 9 heteroatoms. The third kappa shape index (κ3) is 6.10. The van der Waals surface area contributed by atoms with E-state index in [4.69, 9.17) is 4.98 Å². The SMILES string of the molecule is CN(C)CCNC(=O)CCCSc1nnc2c3ccccc3n(Cc3ccc(Br)cc3)c2n1. The molecule has 0 fully saturated rings. The van der Waals surface area contributed by atoms with E-state index < -0.39 is 0 Å². The summed E-state index contributed by atoms with van der Waals surface area (Å²) in [7, 11) is 3.98. The first kappa shape index (κ1) is 23.7. The Balaban J connectivity index is 1.47. The van der Waals surface area contributed by atoms with Crippen molar-refractivity contribution in [1.82, 2.24) is 30.0 Å². The Morgan fingerprint density at radius 2 is 1.91 bits per heavy atom. The molecule has 0 unspecified atom stereocenters. The van der Waals surface area contributed by atoms with E-state index in [1.165, 1.54) is 5.56 Å². The first-order valence-corrected chi connectivity index (χ1v) is 12.7. The van der Waals surface area contributed by atoms with Crippen molar-refractivity contribution in [3.8, 4) is 0 Å². The molecule has 2 aromatic heterocycles. The number of likely N-dealkylation sites (N-methyl/N-ethyl adjacent to an activating group) is 1. The predicted molar refractivity (Wildman–Crippen MR) is 138 cm³/mol. The average Bonchev–Trinajstić information content (AvgIpc) is 3.11. The highest BCUT2D eigenvalue weighted by molar-refractivity contribution is 9.10. The molecule has 0 saturated heterocycles. The molecular weight excluding hydrogens is 500 g/mol. The Morgan fingerprint density at radius 3 is 2.70 bits per heavy atom. The molecule has 2 heterocycles. The van der Waals surface area contributed by atoms with Gasteiger partial charge in [-0.25, -0.2) is 4.98 Å². The molecule has 1 amide bonds. The van der Waals surface area contributed by atoms with Crippen LogP contribution in [-0.2, 0) is 11.3 Å². The van der Waals surface area contributed by atoms with Gasteiger partial charge in [0, 0.05) is 41.7 Å². The first-order chi connectivity index (χ1) is 16.0. The number of nitrogens with zero attached hydrogens (tertiary/aromatic N) is 5. The Labute approximate surface area is 206 Å². The van der Waals surface area contributed by atoms with Gasteiger partial charge in [-0.05, 0) is 44.3 Å². The Hall–Kier alpha value is -2.49. The minimum atomic E-state index is 0.0848. The van der Waals surface area contributed by atoms with Gasteiger partial charge in [0.1, 0.15) is 5.52 Å². The van der Waals surface area contributed by atoms with Crippen molar-refractivity contribution >= 4 is 55.7 Å². The van der Waals surface area contributed by atoms with E-state index in [0.29, 0.717) is 24.7 Å². The normalized spacial score (nSPS) is 11.5. The van der Waals surface area contributed by atoms with E-state index in [1.54, 1.807) is 11.8 Å². The predicted octanol–water partition coefficient (Wildman–Crippen LogP) is 4.34. The summed E-state index contributed by atoms with van der Waals surface area (Å²) >= 11 is 5.04. The molecule has 7 nitrogen and oxygen atoms in total. The van der Waals surface area contributed by atoms with Crippen LogP contribution in [0.25, 0.3) is 22.1 Å². The lowest BCUT2D eigenvalue weighted by atomic mass is 10.2. The highest BCUT2D eigenvalue weighted by Crippen LogP contribution is 2.28. The summed E-state index contributed by atoms with van der Waals surface area (Å²) in [6.07, 6.45) is 1.27. The average molecular weight is 527 g/mol. The number of para-hydroxylation sites is 1. The maximum absolute atomic E-state index is 12.0. The van der Waals surface area contributed by atoms with Crippen molar-refractivity contribution in [2.45, 2.75) is 24.5 Å². The molecule has 4 aromatic rings. The lowest BCUT2D eigenvalue weighted by Crippen LogP contribution is -2.31. The van der Waals surface area contributed by atoms with Crippen molar-refractivity contribution < 1.29 is 4.79 Å². The number of hydrogen-bond acceptors (Lipinski definition) is 6. The summed E-state index contributed by atoms with van der Waals surface area (Å²) < 4.78 is 3.26. The molecule has 4 rings (SSSR count). The fraction of sp³-hybridized carbons (Fsp3) is 0.333. The first-order valence-electron chi connectivity index (χ1n) is 10.9. The molecule has 0 aliphatic heterocycles. The van der Waals surface area contributed by atoms with Crippen LogP contribution in [0.2, 0.25) is 0 Å². The molecule has 172 valence electrons. The third-order valence-electron chi connectivity index (χ3n) is 5.27. The highest BCUT2D eigenvalue weighted by Gasteiger charge is 2.15. The van der Waals surface area contributed by atoms with Crippen molar-refractivity contribution in [1.29, 1.82) is 0 Å². The zero-order chi connectivity index (χ0) is 23.2. The minimum Gasteiger partial charge on any atom is -0.355 e. The summed E-state index contributed by atoms with van der Waals surface area (Å²) in [6.45, 7) is 2.22. The Morgan fingerprint density at radius 1 is 1.12 bits per heavy atom. The van der Waals surface area contributed by atoms with Crippen LogP contribution in [-0.4, -0.2) is 63.5 Å². The number of halogens is 1. The van der Waals surface area contributed by atoms with Gasteiger partial charge in [0.05, 0.1) is 5.52 Å². The molecule has 33 heavy (non-hydrogen) atoms. The monoisotopic (exact) mass is 526 g/mol. The highest BCUT2D eigenvalue weighted by atomic mass is 79.9. The van der Waals surface area contributed by atoms with E-state index in [0.717, 1.165) is 45.3 Å². The number of hydrogen-bond donors (Lipinski definition) is 1. The molecule has 0 aliphatic rings. The smallest absolute Gasteiger partial charge is 0.220 e. The van der Waals surface area contributed by atoms with Gasteiger partial charge in [-0.15, -0.1) is 10.2 Å². The second-order valence-electron chi connectivity index (χ2n) is 8.10. The van der Waals surface area contributed by atoms with Crippen LogP contribution in [0.15, 0.2) is 58.2 Å². The molecule has 0 saturated carbocycles. The van der Waals surface area contributed by atoms with Gasteiger partial charge in [-0.2, -0.15) is 0 Å². The fourth-order valence-corrected chi connectivity index (χ4v) is 4.57. The quantitative estimate of drug-likeness (QED) is 0.244. The van der Waals surface area contributed by atoms with Crippen molar-refractivity contribution in [3.05, 3.63) is 58.6 Å². The maximum atomic E-state index is 12.0. The van der Waals surface area contributed by atoms with E-state index in [-0.39, 0.29) is 5.91 Å². The van der Waals surface area contributed by atoms with E-state index in [1.807, 2.05) is 43.3 Å². The lowest BCUT2D eigenvalue weighted by molar-refractivity contribution is -0.121. The number of rotatable bonds is 10. The summed E-state index contributed by atoms with van der Waals surface area (Å²) in [5.41, 5.74) is 3.92. The molecule has 0 aliphatic carbocycles. The van der Waals surface area contributed by atoms with Gasteiger partial charge in [0.25, 0.3) is 0 Å². The number of thioether (sulfide) groups is 1. The molecule has 0 atom stereocenters. The number of amides is 1. The van der Waals surface area contributed by atoms with Crippen LogP contribution in [0.4, 0.5) is 0 Å². The summed E-state index contributed by atoms with van der Waals surface area (Å²) in [5, 5.41) is 13.5. The van der Waals surface area contributed by atoms with Crippen molar-refractivity contribution in [2.75, 3.05) is 32.9 Å². The number of aromatic nitrogens is 4. The molecule has 0 spiro atoms. The topological polar surface area (TPSA) is 75.9 Å². The Kier molecular flexibility index (Phi) is 7.95. The molecule has 0 bridgehead atoms. The van der Waals surface area contributed by atoms with Gasteiger partial charge in [-0.1, -0.05) is 58.0 Å². The molecule has 2 aromatic carbocycles. The van der Waals surface area contributed by atoms with Gasteiger partial charge in [-0.3, -0.25) is 4.79 Å². The van der Waals surface area contributed by atoms with Crippen molar-refractivity contribution in [2.24, 2.45) is 0 Å². The molecule has 0 radical (unpaired) electrons. The molecule has 1 N–H and O–H groups in total. The summed E-state index contributed by atoms with van der Waals surface area (Å²) in [5.74, 6) is 0.850. The second-order valence-corrected chi connectivity index (χ2v) is 10.1. The van der Waals surface area contributed by atoms with Crippen LogP contribution in [0, 0.1) is 0 Å². The number of nitrogens with one attached hydrogen (secondary N) is 1. The van der Waals surface area contributed by atoms with Crippen molar-refractivity contribution in [3.63, 3.8) is 0 Å². The van der Waals surface area contributed by atoms with Gasteiger partial charge >= 0.3 is 0 Å². The third-order valence-corrected chi connectivity index (χ3v) is 6.72. The number of carbonyl (C=O) groups excluding carboxylic acids is 1. The summed E-state index contributed by atoms with van der Waals surface area (Å²) in [4.78, 5) is 18.9. The fourth-order valence-electron chi connectivity index (χ4n) is 3.59. The second kappa shape index (κ2) is 11.1. The maximum Gasteiger partial charge on any atom is 0.220 e. The van der Waals surface area contributed by atoms with Gasteiger partial charge in [0.2, 0.25) is 11.1 Å². The minimum absolute atomic E-state index is 0.0848. The van der Waals surface area contributed by atoms with E-state index >= 15 is 0 Å². The summed E-state index contributed by atoms with van der Waals surface area (Å²) in [6, 6.07) is 16.5. The van der Waals surface area contributed by atoms with Gasteiger partial charge < -0.3 is 14.8 Å². The van der Waals surface area contributed by atoms with E-state index in [2.05, 4.69) is 60.3 Å². The van der Waals surface area contributed by atoms with Crippen LogP contribution in [0.1, 0.15) is 18.4 Å². The number of carbonyl (C=O) groups is 1. The zero-order valence-electron chi connectivity index (χ0n) is 18.8. The van der Waals surface area contributed by atoms with Crippen LogP contribution in [0.3, 0.4) is 0 Å². The zero-order valence-corrected chi connectivity index (χ0v) is 21.2. The van der Waals surface area contributed by atoms with Crippen LogP contribution < -0.4 is 5.32 Å². The van der Waals surface area contributed by atoms with E-state index in [9.17, 15) is 4.79 Å². The Bertz CT molecular complexity index is 1240. The van der Waals surface area contributed by atoms with Gasteiger partial charge in [0.15, 0.2) is 5.65 Å². The standard InChI is InChI=1S/C24H27BrN6OS/c1-30(2)14-13-26-21(32)8-5-15-33-24-27-23-22(28-29-24)19-6-3-4-7-20(19)31(23)16-17-9-11-18(25)12-10-17/h3-4,6-7,9-12H,5,8,13-16H2,1-2H3,(H,26,32). The number of benzene rings is 2.